The summed E-state index contributed by atoms with van der Waals surface area (Å²) in [5.41, 5.74) is 5.41. The summed E-state index contributed by atoms with van der Waals surface area (Å²) < 4.78 is 7.22. The fraction of sp³-hybridized carbons (Fsp3) is 0.150. The van der Waals surface area contributed by atoms with Crippen molar-refractivity contribution < 1.29 is 9.53 Å². The zero-order valence-corrected chi connectivity index (χ0v) is 14.5. The molecule has 0 aliphatic heterocycles. The van der Waals surface area contributed by atoms with Crippen molar-refractivity contribution in [1.29, 1.82) is 0 Å². The van der Waals surface area contributed by atoms with E-state index >= 15 is 0 Å². The van der Waals surface area contributed by atoms with Crippen LogP contribution in [-0.4, -0.2) is 28.8 Å². The van der Waals surface area contributed by atoms with Crippen molar-refractivity contribution in [3.8, 4) is 5.75 Å². The number of ether oxygens (including phenoxy) is 1. The second kappa shape index (κ2) is 8.62. The SMILES string of the molecule is COc1ccccc1/C=C/C=N/NC(=O)CCn1cnc2ccccc21. The van der Waals surface area contributed by atoms with E-state index in [1.165, 1.54) is 6.21 Å². The number of nitrogens with one attached hydrogen (secondary N) is 1. The highest BCUT2D eigenvalue weighted by Crippen LogP contribution is 2.18. The highest BCUT2D eigenvalue weighted by molar-refractivity contribution is 5.82. The van der Waals surface area contributed by atoms with E-state index in [1.807, 2.05) is 59.2 Å². The van der Waals surface area contributed by atoms with E-state index in [-0.39, 0.29) is 5.91 Å². The second-order valence-corrected chi connectivity index (χ2v) is 5.59. The maximum atomic E-state index is 11.9. The molecule has 1 N–H and O–H groups in total. The summed E-state index contributed by atoms with van der Waals surface area (Å²) in [4.78, 5) is 16.2. The Balaban J connectivity index is 1.48. The van der Waals surface area contributed by atoms with Gasteiger partial charge in [-0.05, 0) is 30.4 Å². The van der Waals surface area contributed by atoms with E-state index < -0.39 is 0 Å². The molecule has 0 spiro atoms. The molecule has 0 unspecified atom stereocenters. The van der Waals surface area contributed by atoms with Crippen LogP contribution in [0.4, 0.5) is 0 Å². The Hall–Kier alpha value is -3.41. The molecule has 2 aromatic carbocycles. The van der Waals surface area contributed by atoms with E-state index in [1.54, 1.807) is 19.5 Å². The van der Waals surface area contributed by atoms with E-state index in [0.29, 0.717) is 13.0 Å². The summed E-state index contributed by atoms with van der Waals surface area (Å²) >= 11 is 0. The Bertz CT molecular complexity index is 944. The lowest BCUT2D eigenvalue weighted by Gasteiger charge is -2.03. The second-order valence-electron chi connectivity index (χ2n) is 5.59. The molecule has 3 rings (SSSR count). The zero-order valence-electron chi connectivity index (χ0n) is 14.5. The van der Waals surface area contributed by atoms with Crippen LogP contribution in [0.2, 0.25) is 0 Å². The number of imidazole rings is 1. The molecule has 0 fully saturated rings. The molecular formula is C20H20N4O2. The van der Waals surface area contributed by atoms with Gasteiger partial charge in [-0.1, -0.05) is 30.3 Å². The molecule has 0 radical (unpaired) electrons. The number of amides is 1. The third-order valence-corrected chi connectivity index (χ3v) is 3.87. The van der Waals surface area contributed by atoms with E-state index in [4.69, 9.17) is 4.74 Å². The first-order chi connectivity index (χ1) is 12.8. The van der Waals surface area contributed by atoms with Crippen LogP contribution in [0.25, 0.3) is 17.1 Å². The molecular weight excluding hydrogens is 328 g/mol. The molecule has 0 atom stereocenters. The summed E-state index contributed by atoms with van der Waals surface area (Å²) in [5, 5.41) is 3.93. The van der Waals surface area contributed by atoms with Crippen molar-refractivity contribution in [2.75, 3.05) is 7.11 Å². The maximum Gasteiger partial charge on any atom is 0.241 e. The molecule has 1 aromatic heterocycles. The van der Waals surface area contributed by atoms with Gasteiger partial charge in [0, 0.05) is 24.7 Å². The summed E-state index contributed by atoms with van der Waals surface area (Å²) in [7, 11) is 1.63. The smallest absolute Gasteiger partial charge is 0.241 e. The van der Waals surface area contributed by atoms with Crippen molar-refractivity contribution in [3.63, 3.8) is 0 Å². The fourth-order valence-electron chi connectivity index (χ4n) is 2.57. The van der Waals surface area contributed by atoms with Crippen molar-refractivity contribution in [2.45, 2.75) is 13.0 Å². The Morgan fingerprint density at radius 3 is 2.92 bits per heavy atom. The van der Waals surface area contributed by atoms with Crippen molar-refractivity contribution in [3.05, 3.63) is 66.5 Å². The first kappa shape index (κ1) is 17.4. The minimum Gasteiger partial charge on any atom is -0.496 e. The van der Waals surface area contributed by atoms with Crippen LogP contribution in [0.3, 0.4) is 0 Å². The Morgan fingerprint density at radius 1 is 1.23 bits per heavy atom. The molecule has 1 amide bonds. The van der Waals surface area contributed by atoms with Gasteiger partial charge in [0.05, 0.1) is 24.5 Å². The van der Waals surface area contributed by atoms with Crippen molar-refractivity contribution >= 4 is 29.2 Å². The highest BCUT2D eigenvalue weighted by Gasteiger charge is 2.04. The monoisotopic (exact) mass is 348 g/mol. The fourth-order valence-corrected chi connectivity index (χ4v) is 2.57. The summed E-state index contributed by atoms with van der Waals surface area (Å²) in [6.07, 6.45) is 7.23. The zero-order chi connectivity index (χ0) is 18.2. The molecule has 0 aliphatic carbocycles. The number of benzene rings is 2. The predicted molar refractivity (Wildman–Crippen MR) is 103 cm³/mol. The number of allylic oxidation sites excluding steroid dienone is 1. The van der Waals surface area contributed by atoms with Crippen LogP contribution in [0.5, 0.6) is 5.75 Å². The van der Waals surface area contributed by atoms with E-state index in [9.17, 15) is 4.79 Å². The largest absolute Gasteiger partial charge is 0.496 e. The maximum absolute atomic E-state index is 11.9. The summed E-state index contributed by atoms with van der Waals surface area (Å²) in [6, 6.07) is 15.5. The number of aryl methyl sites for hydroxylation is 1. The molecule has 0 bridgehead atoms. The number of hydrazone groups is 1. The average molecular weight is 348 g/mol. The van der Waals surface area contributed by atoms with E-state index in [0.717, 1.165) is 22.3 Å². The van der Waals surface area contributed by atoms with Crippen LogP contribution >= 0.6 is 0 Å². The third-order valence-electron chi connectivity index (χ3n) is 3.87. The van der Waals surface area contributed by atoms with Gasteiger partial charge in [-0.15, -0.1) is 0 Å². The number of aromatic nitrogens is 2. The number of nitrogens with zero attached hydrogens (tertiary/aromatic N) is 3. The Labute approximate surface area is 151 Å². The molecule has 1 heterocycles. The minimum absolute atomic E-state index is 0.148. The molecule has 132 valence electrons. The molecule has 26 heavy (non-hydrogen) atoms. The van der Waals surface area contributed by atoms with Gasteiger partial charge in [0.25, 0.3) is 0 Å². The third kappa shape index (κ3) is 4.36. The lowest BCUT2D eigenvalue weighted by Crippen LogP contribution is -2.18. The molecule has 6 nitrogen and oxygen atoms in total. The highest BCUT2D eigenvalue weighted by atomic mass is 16.5. The van der Waals surface area contributed by atoms with Gasteiger partial charge >= 0.3 is 0 Å². The van der Waals surface area contributed by atoms with Crippen molar-refractivity contribution in [2.24, 2.45) is 5.10 Å². The first-order valence-corrected chi connectivity index (χ1v) is 8.29. The van der Waals surface area contributed by atoms with Gasteiger partial charge in [0.2, 0.25) is 5.91 Å². The van der Waals surface area contributed by atoms with E-state index in [2.05, 4.69) is 15.5 Å². The van der Waals surface area contributed by atoms with Gasteiger partial charge in [0.15, 0.2) is 0 Å². The summed E-state index contributed by atoms with van der Waals surface area (Å²) in [5.74, 6) is 0.637. The number of para-hydroxylation sites is 3. The van der Waals surface area contributed by atoms with Crippen LogP contribution < -0.4 is 10.2 Å². The number of fused-ring (bicyclic) bond motifs is 1. The van der Waals surface area contributed by atoms with Gasteiger partial charge in [-0.3, -0.25) is 4.79 Å². The molecule has 0 saturated heterocycles. The van der Waals surface area contributed by atoms with Crippen LogP contribution in [0.1, 0.15) is 12.0 Å². The lowest BCUT2D eigenvalue weighted by molar-refractivity contribution is -0.121. The number of methoxy groups -OCH3 is 1. The normalized spacial score (nSPS) is 11.4. The van der Waals surface area contributed by atoms with Gasteiger partial charge < -0.3 is 9.30 Å². The minimum atomic E-state index is -0.148. The molecule has 3 aromatic rings. The number of carbonyl (C=O) groups is 1. The topological polar surface area (TPSA) is 68.5 Å². The number of carbonyl (C=O) groups excluding carboxylic acids is 1. The number of hydrogen-bond donors (Lipinski definition) is 1. The first-order valence-electron chi connectivity index (χ1n) is 8.29. The quantitative estimate of drug-likeness (QED) is 0.526. The predicted octanol–water partition coefficient (Wildman–Crippen LogP) is 3.25. The standard InChI is InChI=1S/C20H20N4O2/c1-26-19-11-5-2-7-16(19)8-6-13-22-23-20(25)12-14-24-15-21-17-9-3-4-10-18(17)24/h2-11,13,15H,12,14H2,1H3,(H,23,25)/b8-6+,22-13+. The van der Waals surface area contributed by atoms with Gasteiger partial charge in [-0.2, -0.15) is 5.10 Å². The molecule has 6 heteroatoms. The Morgan fingerprint density at radius 2 is 2.04 bits per heavy atom. The van der Waals surface area contributed by atoms with Crippen LogP contribution in [-0.2, 0) is 11.3 Å². The van der Waals surface area contributed by atoms with Gasteiger partial charge in [-0.25, -0.2) is 10.4 Å². The number of rotatable bonds is 7. The van der Waals surface area contributed by atoms with Crippen LogP contribution in [0.15, 0.2) is 66.0 Å². The lowest BCUT2D eigenvalue weighted by atomic mass is 10.2. The Kier molecular flexibility index (Phi) is 5.77. The summed E-state index contributed by atoms with van der Waals surface area (Å²) in [6.45, 7) is 0.554. The number of hydrogen-bond acceptors (Lipinski definition) is 4. The molecule has 0 aliphatic rings. The van der Waals surface area contributed by atoms with Crippen molar-refractivity contribution in [1.82, 2.24) is 15.0 Å². The van der Waals surface area contributed by atoms with Gasteiger partial charge in [0.1, 0.15) is 5.75 Å². The average Bonchev–Trinajstić information content (AvgIpc) is 3.09. The van der Waals surface area contributed by atoms with Crippen LogP contribution in [0, 0.1) is 0 Å². The molecule has 0 saturated carbocycles.